The summed E-state index contributed by atoms with van der Waals surface area (Å²) < 4.78 is 16.5. The lowest BCUT2D eigenvalue weighted by Crippen LogP contribution is -2.12. The fourth-order valence-corrected chi connectivity index (χ4v) is 5.12. The van der Waals surface area contributed by atoms with E-state index in [1.807, 2.05) is 23.6 Å². The van der Waals surface area contributed by atoms with Crippen molar-refractivity contribution in [2.45, 2.75) is 33.3 Å². The lowest BCUT2D eigenvalue weighted by atomic mass is 10.1. The Morgan fingerprint density at radius 3 is 2.44 bits per heavy atom. The van der Waals surface area contributed by atoms with E-state index in [0.29, 0.717) is 35.7 Å². The van der Waals surface area contributed by atoms with Crippen LogP contribution in [0.15, 0.2) is 41.5 Å². The zero-order valence-electron chi connectivity index (χ0n) is 22.0. The van der Waals surface area contributed by atoms with E-state index < -0.39 is 11.9 Å². The summed E-state index contributed by atoms with van der Waals surface area (Å²) in [4.78, 5) is 28.7. The zero-order chi connectivity index (χ0) is 28.5. The summed E-state index contributed by atoms with van der Waals surface area (Å²) in [6.07, 6.45) is 3.33. The largest absolute Gasteiger partial charge is 0.496 e. The molecule has 1 amide bonds. The Morgan fingerprint density at radius 2 is 1.85 bits per heavy atom. The highest BCUT2D eigenvalue weighted by molar-refractivity contribution is 7.14. The van der Waals surface area contributed by atoms with Gasteiger partial charge in [0.2, 0.25) is 5.76 Å². The Hall–Kier alpha value is -3.11. The number of carboxylic acids is 1. The maximum atomic E-state index is 12.9. The number of benzene rings is 2. The topological polar surface area (TPSA) is 107 Å². The van der Waals surface area contributed by atoms with Crippen molar-refractivity contribution in [1.29, 1.82) is 0 Å². The summed E-state index contributed by atoms with van der Waals surface area (Å²) in [5, 5.41) is 14.3. The number of hydrogen-bond donors (Lipinski definition) is 2. The van der Waals surface area contributed by atoms with Gasteiger partial charge in [0, 0.05) is 34.2 Å². The van der Waals surface area contributed by atoms with E-state index in [9.17, 15) is 9.59 Å². The lowest BCUT2D eigenvalue weighted by Gasteiger charge is -2.15. The van der Waals surface area contributed by atoms with Crippen molar-refractivity contribution in [1.82, 2.24) is 4.98 Å². The molecule has 208 valence electrons. The molecule has 3 aromatic rings. The second-order valence-electron chi connectivity index (χ2n) is 8.56. The van der Waals surface area contributed by atoms with Crippen LogP contribution < -0.4 is 10.1 Å². The maximum absolute atomic E-state index is 12.9. The Kier molecular flexibility index (Phi) is 11.2. The molecule has 0 unspecified atom stereocenters. The van der Waals surface area contributed by atoms with E-state index in [0.717, 1.165) is 24.0 Å². The summed E-state index contributed by atoms with van der Waals surface area (Å²) in [7, 11) is 2.83. The molecule has 0 atom stereocenters. The third kappa shape index (κ3) is 7.73. The average molecular weight is 594 g/mol. The van der Waals surface area contributed by atoms with Crippen molar-refractivity contribution in [3.8, 4) is 17.0 Å². The number of anilines is 1. The highest BCUT2D eigenvalue weighted by atomic mass is 35.5. The van der Waals surface area contributed by atoms with E-state index in [1.165, 1.54) is 36.7 Å². The summed E-state index contributed by atoms with van der Waals surface area (Å²) >= 11 is 13.8. The molecule has 2 N–H and O–H groups in total. The molecular weight excluding hydrogens is 563 g/mol. The van der Waals surface area contributed by atoms with Crippen molar-refractivity contribution in [2.24, 2.45) is 5.92 Å². The molecule has 0 aliphatic carbocycles. The number of carboxylic acid groups (broad SMARTS) is 1. The van der Waals surface area contributed by atoms with Gasteiger partial charge in [0.1, 0.15) is 5.75 Å². The number of nitrogens with one attached hydrogen (secondary N) is 1. The van der Waals surface area contributed by atoms with Gasteiger partial charge in [-0.05, 0) is 30.2 Å². The van der Waals surface area contributed by atoms with Crippen LogP contribution >= 0.6 is 34.5 Å². The predicted octanol–water partition coefficient (Wildman–Crippen LogP) is 7.40. The second kappa shape index (κ2) is 14.3. The van der Waals surface area contributed by atoms with Crippen LogP contribution in [0.1, 0.15) is 48.2 Å². The predicted molar refractivity (Wildman–Crippen MR) is 155 cm³/mol. The van der Waals surface area contributed by atoms with Crippen molar-refractivity contribution < 1.29 is 28.9 Å². The monoisotopic (exact) mass is 592 g/mol. The van der Waals surface area contributed by atoms with Gasteiger partial charge in [-0.15, -0.1) is 11.3 Å². The molecule has 2 aromatic carbocycles. The van der Waals surface area contributed by atoms with Crippen LogP contribution in [0.2, 0.25) is 10.0 Å². The van der Waals surface area contributed by atoms with E-state index in [1.54, 1.807) is 7.11 Å². The molecule has 0 radical (unpaired) electrons. The lowest BCUT2D eigenvalue weighted by molar-refractivity contribution is -0.135. The van der Waals surface area contributed by atoms with Crippen LogP contribution in [-0.4, -0.2) is 42.8 Å². The number of aliphatic carboxylic acids is 1. The molecule has 0 bridgehead atoms. The number of hydrogen-bond acceptors (Lipinski definition) is 7. The number of rotatable bonds is 13. The quantitative estimate of drug-likeness (QED) is 0.157. The summed E-state index contributed by atoms with van der Waals surface area (Å²) in [6.45, 7) is 5.43. The summed E-state index contributed by atoms with van der Waals surface area (Å²) in [6, 6.07) is 8.58. The number of halogens is 2. The molecule has 8 nitrogen and oxygen atoms in total. The first-order valence-corrected chi connectivity index (χ1v) is 13.8. The highest BCUT2D eigenvalue weighted by Crippen LogP contribution is 2.36. The van der Waals surface area contributed by atoms with Gasteiger partial charge in [-0.3, -0.25) is 10.1 Å². The molecule has 0 fully saturated rings. The van der Waals surface area contributed by atoms with E-state index in [4.69, 9.17) is 42.5 Å². The number of ether oxygens (including phenoxy) is 3. The third-order valence-electron chi connectivity index (χ3n) is 6.11. The van der Waals surface area contributed by atoms with Crippen molar-refractivity contribution in [3.05, 3.63) is 68.2 Å². The van der Waals surface area contributed by atoms with Crippen LogP contribution in [0.4, 0.5) is 5.13 Å². The second-order valence-corrected chi connectivity index (χ2v) is 10.2. The van der Waals surface area contributed by atoms with Crippen molar-refractivity contribution in [2.75, 3.05) is 26.1 Å². The molecule has 0 saturated carbocycles. The van der Waals surface area contributed by atoms with Crippen LogP contribution in [0, 0.1) is 5.92 Å². The standard InChI is InChI=1S/C28H30Cl2N2O6S/c1-5-16(6-2)13-38-14-17-8-7-9-19(25(17)37-4)23-15-39-28(31-23)32-26(33)18-10-21(29)20(22(30)11-18)12-24(36-3)27(34)35/h7-12,15-16H,5-6,13-14H2,1-4H3,(H,34,35)(H,31,32,33)/b24-12-. The van der Waals surface area contributed by atoms with Crippen LogP contribution in [0.3, 0.4) is 0 Å². The molecule has 39 heavy (non-hydrogen) atoms. The molecule has 0 spiro atoms. The number of carbonyl (C=O) groups excluding carboxylic acids is 1. The first kappa shape index (κ1) is 30.4. The van der Waals surface area contributed by atoms with Crippen molar-refractivity contribution >= 4 is 57.6 Å². The van der Waals surface area contributed by atoms with Gasteiger partial charge >= 0.3 is 5.97 Å². The van der Waals surface area contributed by atoms with Gasteiger partial charge < -0.3 is 19.3 Å². The number of amides is 1. The highest BCUT2D eigenvalue weighted by Gasteiger charge is 2.18. The maximum Gasteiger partial charge on any atom is 0.371 e. The van der Waals surface area contributed by atoms with E-state index in [2.05, 4.69) is 24.1 Å². The Bertz CT molecular complexity index is 1330. The number of nitrogens with zero attached hydrogens (tertiary/aromatic N) is 1. The Morgan fingerprint density at radius 1 is 1.15 bits per heavy atom. The van der Waals surface area contributed by atoms with E-state index in [-0.39, 0.29) is 26.9 Å². The average Bonchev–Trinajstić information content (AvgIpc) is 3.38. The van der Waals surface area contributed by atoms with Gasteiger partial charge in [-0.2, -0.15) is 0 Å². The minimum absolute atomic E-state index is 0.0937. The Labute approximate surface area is 241 Å². The molecule has 0 saturated heterocycles. The fourth-order valence-electron chi connectivity index (χ4n) is 3.82. The molecular formula is C28H30Cl2N2O6S. The minimum atomic E-state index is -1.28. The molecule has 3 rings (SSSR count). The number of aromatic nitrogens is 1. The molecule has 0 aliphatic heterocycles. The third-order valence-corrected chi connectivity index (χ3v) is 7.50. The molecule has 1 heterocycles. The summed E-state index contributed by atoms with van der Waals surface area (Å²) in [5.74, 6) is -0.903. The molecule has 11 heteroatoms. The minimum Gasteiger partial charge on any atom is -0.496 e. The van der Waals surface area contributed by atoms with Gasteiger partial charge in [0.15, 0.2) is 5.13 Å². The van der Waals surface area contributed by atoms with Gasteiger partial charge in [0.05, 0.1) is 36.6 Å². The normalized spacial score (nSPS) is 11.5. The zero-order valence-corrected chi connectivity index (χ0v) is 24.4. The smallest absolute Gasteiger partial charge is 0.371 e. The van der Waals surface area contributed by atoms with Crippen LogP contribution in [-0.2, 0) is 20.9 Å². The number of methoxy groups -OCH3 is 2. The first-order chi connectivity index (χ1) is 18.7. The van der Waals surface area contributed by atoms with E-state index >= 15 is 0 Å². The van der Waals surface area contributed by atoms with Gasteiger partial charge in [-0.1, -0.05) is 62.0 Å². The van der Waals surface area contributed by atoms with Gasteiger partial charge in [0.25, 0.3) is 5.91 Å². The van der Waals surface area contributed by atoms with Crippen LogP contribution in [0.25, 0.3) is 17.3 Å². The van der Waals surface area contributed by atoms with Gasteiger partial charge in [-0.25, -0.2) is 9.78 Å². The number of thiazole rings is 1. The SMILES string of the molecule is CCC(CC)COCc1cccc(-c2csc(NC(=O)c3cc(Cl)c(/C=C(\OC)C(=O)O)c(Cl)c3)n2)c1OC. The Balaban J connectivity index is 1.78. The van der Waals surface area contributed by atoms with Crippen molar-refractivity contribution in [3.63, 3.8) is 0 Å². The van der Waals surface area contributed by atoms with Crippen LogP contribution in [0.5, 0.6) is 5.75 Å². The molecule has 0 aliphatic rings. The molecule has 1 aromatic heterocycles. The fraction of sp³-hybridized carbons (Fsp3) is 0.321. The number of para-hydroxylation sites is 1. The number of carbonyl (C=O) groups is 2. The summed E-state index contributed by atoms with van der Waals surface area (Å²) in [5.41, 5.74) is 2.75. The first-order valence-electron chi connectivity index (χ1n) is 12.2.